The van der Waals surface area contributed by atoms with Crippen LogP contribution in [0, 0.1) is 5.92 Å². The van der Waals surface area contributed by atoms with Gasteiger partial charge < -0.3 is 15.1 Å². The molecule has 11 heteroatoms. The van der Waals surface area contributed by atoms with E-state index >= 15 is 0 Å². The molecule has 1 N–H and O–H groups in total. The number of fused-ring (bicyclic) bond motifs is 1. The average Bonchev–Trinajstić information content (AvgIpc) is 3.12. The zero-order chi connectivity index (χ0) is 29.3. The molecule has 1 aromatic heterocycles. The molecular formula is C30H33Cl2N5O4. The molecule has 0 bridgehead atoms. The number of benzene rings is 2. The zero-order valence-corrected chi connectivity index (χ0v) is 24.6. The number of nitrogens with zero attached hydrogens (tertiary/aromatic N) is 4. The van der Waals surface area contributed by atoms with E-state index in [1.54, 1.807) is 23.1 Å². The fraction of sp³-hybridized carbons (Fsp3) is 0.400. The van der Waals surface area contributed by atoms with Crippen molar-refractivity contribution >= 4 is 40.8 Å². The average molecular weight is 599 g/mol. The van der Waals surface area contributed by atoms with Crippen LogP contribution in [0.1, 0.15) is 32.3 Å². The first-order chi connectivity index (χ1) is 19.6. The minimum atomic E-state index is -0.547. The van der Waals surface area contributed by atoms with E-state index < -0.39 is 11.2 Å². The van der Waals surface area contributed by atoms with E-state index in [4.69, 9.17) is 23.2 Å². The summed E-state index contributed by atoms with van der Waals surface area (Å²) in [6.45, 7) is 5.35. The van der Waals surface area contributed by atoms with Gasteiger partial charge in [-0.25, -0.2) is 9.59 Å². The molecule has 0 saturated carbocycles. The molecule has 0 unspecified atom stereocenters. The second-order valence-electron chi connectivity index (χ2n) is 11.0. The first-order valence-corrected chi connectivity index (χ1v) is 14.6. The van der Waals surface area contributed by atoms with Gasteiger partial charge in [-0.15, -0.1) is 0 Å². The van der Waals surface area contributed by atoms with Gasteiger partial charge in [0, 0.05) is 49.7 Å². The standard InChI is InChI=1S/C30H33Cl2N5O4/c1-19(2)16-37-28(39)23(22-7-5-8-24(31)27(22)32)17-35(30(37)41)18-26(38)34-13-11-21(12-14-34)36-15-10-20-6-3-4-9-25(20)33-29(36)40/h3-9,17,19,21H,10-16,18H2,1-2H3,(H,33,40). The number of piperidine rings is 1. The highest BCUT2D eigenvalue weighted by molar-refractivity contribution is 6.43. The number of para-hydroxylation sites is 1. The van der Waals surface area contributed by atoms with E-state index in [0.29, 0.717) is 38.0 Å². The summed E-state index contributed by atoms with van der Waals surface area (Å²) < 4.78 is 2.44. The molecular weight excluding hydrogens is 565 g/mol. The smallest absolute Gasteiger partial charge is 0.331 e. The summed E-state index contributed by atoms with van der Waals surface area (Å²) in [5, 5.41) is 3.51. The molecule has 1 saturated heterocycles. The SMILES string of the molecule is CC(C)Cn1c(=O)c(-c2cccc(Cl)c2Cl)cn(CC(=O)N2CCC(N3CCc4ccccc4NC3=O)CC2)c1=O. The summed E-state index contributed by atoms with van der Waals surface area (Å²) in [5.74, 6) is -0.200. The van der Waals surface area contributed by atoms with Gasteiger partial charge >= 0.3 is 11.7 Å². The van der Waals surface area contributed by atoms with Crippen molar-refractivity contribution in [1.29, 1.82) is 0 Å². The molecule has 0 aliphatic carbocycles. The van der Waals surface area contributed by atoms with Gasteiger partial charge in [0.1, 0.15) is 6.54 Å². The highest BCUT2D eigenvalue weighted by Gasteiger charge is 2.31. The highest BCUT2D eigenvalue weighted by Crippen LogP contribution is 2.31. The molecule has 41 heavy (non-hydrogen) atoms. The first-order valence-electron chi connectivity index (χ1n) is 13.9. The van der Waals surface area contributed by atoms with Crippen LogP contribution in [-0.2, 0) is 24.3 Å². The van der Waals surface area contributed by atoms with Crippen LogP contribution in [0.4, 0.5) is 10.5 Å². The van der Waals surface area contributed by atoms with Crippen molar-refractivity contribution in [1.82, 2.24) is 18.9 Å². The number of urea groups is 1. The van der Waals surface area contributed by atoms with Crippen LogP contribution in [0.25, 0.3) is 11.1 Å². The van der Waals surface area contributed by atoms with E-state index in [2.05, 4.69) is 5.32 Å². The van der Waals surface area contributed by atoms with Crippen LogP contribution in [0.15, 0.2) is 58.3 Å². The van der Waals surface area contributed by atoms with E-state index in [9.17, 15) is 19.2 Å². The summed E-state index contributed by atoms with van der Waals surface area (Å²) >= 11 is 12.6. The molecule has 216 valence electrons. The number of aromatic nitrogens is 2. The zero-order valence-electron chi connectivity index (χ0n) is 23.1. The van der Waals surface area contributed by atoms with E-state index in [0.717, 1.165) is 22.2 Å². The van der Waals surface area contributed by atoms with Crippen LogP contribution in [-0.4, -0.2) is 56.5 Å². The number of nitrogens with one attached hydrogen (secondary N) is 1. The van der Waals surface area contributed by atoms with Crippen molar-refractivity contribution in [2.24, 2.45) is 5.92 Å². The molecule has 0 radical (unpaired) electrons. The molecule has 9 nitrogen and oxygen atoms in total. The lowest BCUT2D eigenvalue weighted by Crippen LogP contribution is -2.51. The van der Waals surface area contributed by atoms with Gasteiger partial charge in [-0.1, -0.05) is 67.4 Å². The van der Waals surface area contributed by atoms with Crippen LogP contribution >= 0.6 is 23.2 Å². The second-order valence-corrected chi connectivity index (χ2v) is 11.8. The molecule has 3 heterocycles. The Hall–Kier alpha value is -3.56. The Morgan fingerprint density at radius 3 is 2.44 bits per heavy atom. The maximum atomic E-state index is 13.4. The Morgan fingerprint density at radius 1 is 0.976 bits per heavy atom. The predicted molar refractivity (Wildman–Crippen MR) is 161 cm³/mol. The monoisotopic (exact) mass is 597 g/mol. The molecule has 2 aliphatic heterocycles. The maximum absolute atomic E-state index is 13.4. The largest absolute Gasteiger partial charge is 0.341 e. The van der Waals surface area contributed by atoms with Gasteiger partial charge in [0.2, 0.25) is 5.91 Å². The summed E-state index contributed by atoms with van der Waals surface area (Å²) in [5.41, 5.74) is 1.54. The summed E-state index contributed by atoms with van der Waals surface area (Å²) in [6.07, 6.45) is 3.45. The number of carbonyl (C=O) groups excluding carboxylic acids is 2. The molecule has 3 amide bonds. The lowest BCUT2D eigenvalue weighted by atomic mass is 10.0. The van der Waals surface area contributed by atoms with Gasteiger partial charge in [-0.05, 0) is 42.9 Å². The van der Waals surface area contributed by atoms with Crippen LogP contribution in [0.2, 0.25) is 10.0 Å². The minimum absolute atomic E-state index is 0.0144. The number of likely N-dealkylation sites (tertiary alicyclic amines) is 1. The molecule has 2 aliphatic rings. The lowest BCUT2D eigenvalue weighted by molar-refractivity contribution is -0.133. The van der Waals surface area contributed by atoms with Gasteiger partial charge in [0.05, 0.1) is 15.6 Å². The van der Waals surface area contributed by atoms with Crippen molar-refractivity contribution in [3.63, 3.8) is 0 Å². The van der Waals surface area contributed by atoms with Crippen LogP contribution in [0.5, 0.6) is 0 Å². The van der Waals surface area contributed by atoms with Gasteiger partial charge in [0.25, 0.3) is 5.56 Å². The molecule has 0 atom stereocenters. The fourth-order valence-electron chi connectivity index (χ4n) is 5.60. The summed E-state index contributed by atoms with van der Waals surface area (Å²) in [7, 11) is 0. The Kier molecular flexibility index (Phi) is 8.56. The third-order valence-electron chi connectivity index (χ3n) is 7.73. The quantitative estimate of drug-likeness (QED) is 0.444. The number of rotatable bonds is 6. The normalized spacial score (nSPS) is 16.0. The Morgan fingerprint density at radius 2 is 1.71 bits per heavy atom. The van der Waals surface area contributed by atoms with E-state index in [1.165, 1.54) is 10.8 Å². The van der Waals surface area contributed by atoms with Crippen molar-refractivity contribution in [3.05, 3.63) is 85.1 Å². The van der Waals surface area contributed by atoms with Gasteiger partial charge in [0.15, 0.2) is 0 Å². The summed E-state index contributed by atoms with van der Waals surface area (Å²) in [4.78, 5) is 56.6. The number of hydrogen-bond acceptors (Lipinski definition) is 4. The Balaban J connectivity index is 1.33. The van der Waals surface area contributed by atoms with Crippen molar-refractivity contribution in [3.8, 4) is 11.1 Å². The van der Waals surface area contributed by atoms with E-state index in [-0.39, 0.29) is 52.6 Å². The predicted octanol–water partition coefficient (Wildman–Crippen LogP) is 4.72. The third kappa shape index (κ3) is 6.06. The number of anilines is 1. The number of amides is 3. The van der Waals surface area contributed by atoms with Crippen molar-refractivity contribution < 1.29 is 9.59 Å². The molecule has 0 spiro atoms. The number of carbonyl (C=O) groups is 2. The second kappa shape index (κ2) is 12.1. The minimum Gasteiger partial charge on any atom is -0.341 e. The highest BCUT2D eigenvalue weighted by atomic mass is 35.5. The molecule has 1 fully saturated rings. The third-order valence-corrected chi connectivity index (χ3v) is 8.55. The molecule has 3 aromatic rings. The van der Waals surface area contributed by atoms with Crippen LogP contribution < -0.4 is 16.6 Å². The summed E-state index contributed by atoms with van der Waals surface area (Å²) in [6, 6.07) is 12.7. The van der Waals surface area contributed by atoms with Crippen molar-refractivity contribution in [2.75, 3.05) is 25.0 Å². The Labute approximate surface area is 248 Å². The lowest BCUT2D eigenvalue weighted by Gasteiger charge is -2.38. The topological polar surface area (TPSA) is 96.7 Å². The molecule has 2 aromatic carbocycles. The molecule has 5 rings (SSSR count). The van der Waals surface area contributed by atoms with Gasteiger partial charge in [-0.3, -0.25) is 18.7 Å². The van der Waals surface area contributed by atoms with E-state index in [1.807, 2.05) is 43.0 Å². The Bertz CT molecular complexity index is 1590. The first kappa shape index (κ1) is 29.0. The fourth-order valence-corrected chi connectivity index (χ4v) is 6.00. The number of halogens is 2. The maximum Gasteiger partial charge on any atom is 0.331 e. The van der Waals surface area contributed by atoms with Crippen molar-refractivity contribution in [2.45, 2.75) is 52.2 Å². The van der Waals surface area contributed by atoms with Gasteiger partial charge in [-0.2, -0.15) is 0 Å². The van der Waals surface area contributed by atoms with Crippen LogP contribution in [0.3, 0.4) is 0 Å². The number of hydrogen-bond donors (Lipinski definition) is 1.